The molecular formula is C38H71NO5. The van der Waals surface area contributed by atoms with E-state index in [1.807, 2.05) is 0 Å². The Balaban J connectivity index is 3.92. The Morgan fingerprint density at radius 1 is 0.545 bits per heavy atom. The van der Waals surface area contributed by atoms with Crippen molar-refractivity contribution in [1.82, 2.24) is 5.32 Å². The van der Waals surface area contributed by atoms with Gasteiger partial charge in [0.2, 0.25) is 5.91 Å². The molecule has 0 rings (SSSR count). The average Bonchev–Trinajstić information content (AvgIpc) is 3.03. The molecule has 0 aliphatic heterocycles. The predicted molar refractivity (Wildman–Crippen MR) is 187 cm³/mol. The highest BCUT2D eigenvalue weighted by atomic mass is 16.3. The fourth-order valence-corrected chi connectivity index (χ4v) is 5.30. The van der Waals surface area contributed by atoms with Crippen LogP contribution in [0.25, 0.3) is 0 Å². The van der Waals surface area contributed by atoms with Gasteiger partial charge in [-0.15, -0.1) is 0 Å². The summed E-state index contributed by atoms with van der Waals surface area (Å²) in [7, 11) is 0. The van der Waals surface area contributed by atoms with E-state index in [0.29, 0.717) is 19.3 Å². The van der Waals surface area contributed by atoms with Crippen molar-refractivity contribution < 1.29 is 25.2 Å². The monoisotopic (exact) mass is 622 g/mol. The predicted octanol–water partition coefficient (Wildman–Crippen LogP) is 8.62. The molecule has 0 saturated carbocycles. The van der Waals surface area contributed by atoms with Crippen molar-refractivity contribution in [3.05, 3.63) is 36.5 Å². The van der Waals surface area contributed by atoms with Crippen molar-refractivity contribution in [2.75, 3.05) is 6.61 Å². The smallest absolute Gasteiger partial charge is 0.249 e. The number of unbranched alkanes of at least 4 members (excludes halogenated alkanes) is 17. The Morgan fingerprint density at radius 3 is 1.41 bits per heavy atom. The molecule has 0 fully saturated rings. The van der Waals surface area contributed by atoms with Crippen LogP contribution in [0.15, 0.2) is 36.5 Å². The highest BCUT2D eigenvalue weighted by molar-refractivity contribution is 5.80. The van der Waals surface area contributed by atoms with Crippen molar-refractivity contribution in [3.63, 3.8) is 0 Å². The van der Waals surface area contributed by atoms with Gasteiger partial charge >= 0.3 is 0 Å². The van der Waals surface area contributed by atoms with Gasteiger partial charge < -0.3 is 25.7 Å². The van der Waals surface area contributed by atoms with Gasteiger partial charge in [0.25, 0.3) is 0 Å². The second kappa shape index (κ2) is 32.9. The Kier molecular flexibility index (Phi) is 31.8. The molecule has 0 radical (unpaired) electrons. The van der Waals surface area contributed by atoms with Gasteiger partial charge in [-0.25, -0.2) is 0 Å². The third-order valence-corrected chi connectivity index (χ3v) is 8.31. The molecule has 6 heteroatoms. The number of aliphatic hydroxyl groups is 4. The van der Waals surface area contributed by atoms with Crippen molar-refractivity contribution in [2.45, 2.75) is 192 Å². The quantitative estimate of drug-likeness (QED) is 0.0382. The molecule has 0 bridgehead atoms. The van der Waals surface area contributed by atoms with Crippen LogP contribution in [0.5, 0.6) is 0 Å². The summed E-state index contributed by atoms with van der Waals surface area (Å²) < 4.78 is 0. The molecule has 4 atom stereocenters. The van der Waals surface area contributed by atoms with Gasteiger partial charge in [0.15, 0.2) is 0 Å². The lowest BCUT2D eigenvalue weighted by atomic mass is 10.00. The van der Waals surface area contributed by atoms with Crippen LogP contribution in [0.4, 0.5) is 0 Å². The first kappa shape index (κ1) is 42.5. The maximum Gasteiger partial charge on any atom is 0.249 e. The molecule has 0 aromatic heterocycles. The van der Waals surface area contributed by atoms with Crippen LogP contribution in [0.2, 0.25) is 0 Å². The zero-order valence-electron chi connectivity index (χ0n) is 28.6. The summed E-state index contributed by atoms with van der Waals surface area (Å²) in [6.45, 7) is 3.96. The van der Waals surface area contributed by atoms with Crippen molar-refractivity contribution in [1.29, 1.82) is 0 Å². The summed E-state index contributed by atoms with van der Waals surface area (Å²) in [5.41, 5.74) is 0. The topological polar surface area (TPSA) is 110 Å². The highest BCUT2D eigenvalue weighted by Crippen LogP contribution is 2.14. The zero-order chi connectivity index (χ0) is 32.5. The molecule has 0 heterocycles. The van der Waals surface area contributed by atoms with Crippen molar-refractivity contribution >= 4 is 5.91 Å². The van der Waals surface area contributed by atoms with Crippen LogP contribution in [0, 0.1) is 0 Å². The lowest BCUT2D eigenvalue weighted by Gasteiger charge is -2.27. The van der Waals surface area contributed by atoms with Gasteiger partial charge in [0, 0.05) is 0 Å². The standard InChI is InChI=1S/C38H71NO5/c1-3-5-7-9-11-13-15-17-18-20-21-23-25-27-29-31-35(41)37(43)34(33-40)39-38(44)36(42)32-30-28-26-24-22-19-16-14-12-10-8-6-4-2/h9,11,17-18,23,25,34-37,40-43H,3-8,10,12-16,19-22,24,26-33H2,1-2H3,(H,39,44)/b11-9+,18-17+,25-23+. The molecular weight excluding hydrogens is 550 g/mol. The van der Waals surface area contributed by atoms with E-state index in [4.69, 9.17) is 0 Å². The molecule has 258 valence electrons. The summed E-state index contributed by atoms with van der Waals surface area (Å²) in [6.07, 6.45) is 35.9. The number of amides is 1. The van der Waals surface area contributed by atoms with Gasteiger partial charge in [-0.3, -0.25) is 4.79 Å². The van der Waals surface area contributed by atoms with E-state index in [-0.39, 0.29) is 0 Å². The van der Waals surface area contributed by atoms with Crippen molar-refractivity contribution in [2.24, 2.45) is 0 Å². The first-order chi connectivity index (χ1) is 21.5. The van der Waals surface area contributed by atoms with Gasteiger partial charge in [-0.05, 0) is 57.8 Å². The first-order valence-electron chi connectivity index (χ1n) is 18.4. The highest BCUT2D eigenvalue weighted by Gasteiger charge is 2.28. The Labute approximate surface area is 271 Å². The second-order valence-corrected chi connectivity index (χ2v) is 12.5. The van der Waals surface area contributed by atoms with E-state index in [1.165, 1.54) is 83.5 Å². The largest absolute Gasteiger partial charge is 0.394 e. The fourth-order valence-electron chi connectivity index (χ4n) is 5.30. The minimum absolute atomic E-state index is 0.360. The molecule has 0 aliphatic rings. The van der Waals surface area contributed by atoms with E-state index >= 15 is 0 Å². The van der Waals surface area contributed by atoms with E-state index in [0.717, 1.165) is 51.4 Å². The average molecular weight is 622 g/mol. The molecule has 0 aliphatic carbocycles. The Morgan fingerprint density at radius 2 is 0.955 bits per heavy atom. The number of carbonyl (C=O) groups is 1. The molecule has 6 nitrogen and oxygen atoms in total. The van der Waals surface area contributed by atoms with Crippen LogP contribution < -0.4 is 5.32 Å². The molecule has 1 amide bonds. The zero-order valence-corrected chi connectivity index (χ0v) is 28.6. The maximum atomic E-state index is 12.4. The summed E-state index contributed by atoms with van der Waals surface area (Å²) in [4.78, 5) is 12.4. The van der Waals surface area contributed by atoms with E-state index in [1.54, 1.807) is 0 Å². The summed E-state index contributed by atoms with van der Waals surface area (Å²) in [6, 6.07) is -1.01. The first-order valence-corrected chi connectivity index (χ1v) is 18.4. The van der Waals surface area contributed by atoms with E-state index in [2.05, 4.69) is 55.6 Å². The third-order valence-electron chi connectivity index (χ3n) is 8.31. The third kappa shape index (κ3) is 26.9. The van der Waals surface area contributed by atoms with Gasteiger partial charge in [0.1, 0.15) is 12.2 Å². The molecule has 44 heavy (non-hydrogen) atoms. The Hall–Kier alpha value is -1.47. The minimum atomic E-state index is -1.29. The van der Waals surface area contributed by atoms with Crippen LogP contribution in [0.3, 0.4) is 0 Å². The lowest BCUT2D eigenvalue weighted by molar-refractivity contribution is -0.132. The molecule has 0 aromatic carbocycles. The number of hydrogen-bond acceptors (Lipinski definition) is 5. The van der Waals surface area contributed by atoms with Gasteiger partial charge in [-0.1, -0.05) is 147 Å². The molecule has 5 N–H and O–H groups in total. The van der Waals surface area contributed by atoms with E-state index in [9.17, 15) is 25.2 Å². The van der Waals surface area contributed by atoms with E-state index < -0.39 is 36.9 Å². The molecule has 4 unspecified atom stereocenters. The molecule has 0 aromatic rings. The summed E-state index contributed by atoms with van der Waals surface area (Å²) in [5, 5.41) is 43.4. The number of nitrogens with one attached hydrogen (secondary N) is 1. The molecule has 0 saturated heterocycles. The normalized spacial score (nSPS) is 15.0. The van der Waals surface area contributed by atoms with Gasteiger partial charge in [-0.2, -0.15) is 0 Å². The van der Waals surface area contributed by atoms with Gasteiger partial charge in [0.05, 0.1) is 18.8 Å². The maximum absolute atomic E-state index is 12.4. The molecule has 0 spiro atoms. The lowest BCUT2D eigenvalue weighted by Crippen LogP contribution is -2.53. The van der Waals surface area contributed by atoms with Crippen LogP contribution in [-0.2, 0) is 4.79 Å². The number of aliphatic hydroxyl groups excluding tert-OH is 4. The Bertz CT molecular complexity index is 707. The number of allylic oxidation sites excluding steroid dienone is 6. The minimum Gasteiger partial charge on any atom is -0.394 e. The number of carbonyl (C=O) groups excluding carboxylic acids is 1. The number of rotatable bonds is 32. The van der Waals surface area contributed by atoms with Crippen LogP contribution in [-0.4, -0.2) is 57.3 Å². The van der Waals surface area contributed by atoms with Crippen LogP contribution >= 0.6 is 0 Å². The SMILES string of the molecule is CCCC/C=C/CC/C=C/CC/C=C/CCCC(O)C(O)C(CO)NC(=O)C(O)CCCCCCCCCCCCCCC. The van der Waals surface area contributed by atoms with Crippen LogP contribution in [0.1, 0.15) is 168 Å². The fraction of sp³-hybridized carbons (Fsp3) is 0.816. The summed E-state index contributed by atoms with van der Waals surface area (Å²) in [5.74, 6) is -0.602. The summed E-state index contributed by atoms with van der Waals surface area (Å²) >= 11 is 0. The number of hydrogen-bond donors (Lipinski definition) is 5. The second-order valence-electron chi connectivity index (χ2n) is 12.5. The van der Waals surface area contributed by atoms with Crippen molar-refractivity contribution in [3.8, 4) is 0 Å².